The number of aryl methyl sites for hydroxylation is 2. The molecule has 0 N–H and O–H groups in total. The van der Waals surface area contributed by atoms with Gasteiger partial charge in [-0.2, -0.15) is 0 Å². The predicted octanol–water partition coefficient (Wildman–Crippen LogP) is 4.38. The Balaban J connectivity index is 2.07. The van der Waals surface area contributed by atoms with Crippen LogP contribution in [0.3, 0.4) is 0 Å². The molecule has 0 radical (unpaired) electrons. The average molecular weight is 354 g/mol. The van der Waals surface area contributed by atoms with E-state index in [-0.39, 0.29) is 5.97 Å². The molecule has 1 aromatic heterocycles. The third kappa shape index (κ3) is 3.90. The van der Waals surface area contributed by atoms with Crippen LogP contribution < -0.4 is 0 Å². The lowest BCUT2D eigenvalue weighted by molar-refractivity contribution is -0.143. The SMILES string of the molecule is CCOC(=O)CCc1csc(-c2ccc(C)cc2Br)n1. The van der Waals surface area contributed by atoms with E-state index in [0.717, 1.165) is 20.7 Å². The maximum atomic E-state index is 11.3. The maximum Gasteiger partial charge on any atom is 0.306 e. The van der Waals surface area contributed by atoms with E-state index >= 15 is 0 Å². The van der Waals surface area contributed by atoms with Crippen LogP contribution in [0.1, 0.15) is 24.6 Å². The summed E-state index contributed by atoms with van der Waals surface area (Å²) >= 11 is 5.16. The van der Waals surface area contributed by atoms with Gasteiger partial charge in [-0.25, -0.2) is 4.98 Å². The summed E-state index contributed by atoms with van der Waals surface area (Å²) in [6, 6.07) is 6.21. The first kappa shape index (κ1) is 15.2. The van der Waals surface area contributed by atoms with E-state index in [4.69, 9.17) is 4.74 Å². The Morgan fingerprint density at radius 3 is 2.95 bits per heavy atom. The smallest absolute Gasteiger partial charge is 0.306 e. The van der Waals surface area contributed by atoms with Crippen LogP contribution in [0.4, 0.5) is 0 Å². The Bertz CT molecular complexity index is 610. The minimum absolute atomic E-state index is 0.168. The lowest BCUT2D eigenvalue weighted by Crippen LogP contribution is -2.05. The van der Waals surface area contributed by atoms with Crippen molar-refractivity contribution in [2.75, 3.05) is 6.61 Å². The summed E-state index contributed by atoms with van der Waals surface area (Å²) in [5.41, 5.74) is 3.23. The number of benzene rings is 1. The largest absolute Gasteiger partial charge is 0.466 e. The van der Waals surface area contributed by atoms with E-state index in [9.17, 15) is 4.79 Å². The highest BCUT2D eigenvalue weighted by Gasteiger charge is 2.10. The molecule has 5 heteroatoms. The first-order chi connectivity index (χ1) is 9.60. The summed E-state index contributed by atoms with van der Waals surface area (Å²) < 4.78 is 5.96. The summed E-state index contributed by atoms with van der Waals surface area (Å²) in [5, 5.41) is 2.97. The minimum Gasteiger partial charge on any atom is -0.466 e. The molecule has 0 bridgehead atoms. The van der Waals surface area contributed by atoms with Gasteiger partial charge in [0, 0.05) is 21.8 Å². The predicted molar refractivity (Wildman–Crippen MR) is 84.9 cm³/mol. The van der Waals surface area contributed by atoms with Crippen LogP contribution >= 0.6 is 27.3 Å². The Labute approximate surface area is 131 Å². The Morgan fingerprint density at radius 1 is 1.45 bits per heavy atom. The van der Waals surface area contributed by atoms with Gasteiger partial charge in [0.15, 0.2) is 0 Å². The molecule has 2 rings (SSSR count). The van der Waals surface area contributed by atoms with Gasteiger partial charge in [-0.15, -0.1) is 11.3 Å². The molecule has 2 aromatic rings. The number of ether oxygens (including phenoxy) is 1. The number of thiazole rings is 1. The van der Waals surface area contributed by atoms with Gasteiger partial charge in [0.1, 0.15) is 5.01 Å². The van der Waals surface area contributed by atoms with Crippen molar-refractivity contribution in [2.24, 2.45) is 0 Å². The highest BCUT2D eigenvalue weighted by molar-refractivity contribution is 9.10. The van der Waals surface area contributed by atoms with E-state index in [0.29, 0.717) is 19.4 Å². The van der Waals surface area contributed by atoms with Crippen molar-refractivity contribution in [3.05, 3.63) is 39.3 Å². The summed E-state index contributed by atoms with van der Waals surface area (Å²) in [6.07, 6.45) is 1.00. The highest BCUT2D eigenvalue weighted by Crippen LogP contribution is 2.31. The molecule has 0 aliphatic heterocycles. The maximum absolute atomic E-state index is 11.3. The van der Waals surface area contributed by atoms with Gasteiger partial charge in [-0.1, -0.05) is 28.1 Å². The number of nitrogens with zero attached hydrogens (tertiary/aromatic N) is 1. The first-order valence-corrected chi connectivity index (χ1v) is 8.14. The van der Waals surface area contributed by atoms with Gasteiger partial charge in [0.05, 0.1) is 18.7 Å². The van der Waals surface area contributed by atoms with E-state index in [1.54, 1.807) is 11.3 Å². The number of hydrogen-bond acceptors (Lipinski definition) is 4. The molecule has 20 heavy (non-hydrogen) atoms. The van der Waals surface area contributed by atoms with Gasteiger partial charge in [-0.3, -0.25) is 4.79 Å². The molecule has 0 fully saturated rings. The molecule has 1 heterocycles. The number of aromatic nitrogens is 1. The second-order valence-corrected chi connectivity index (χ2v) is 6.14. The molecule has 0 atom stereocenters. The topological polar surface area (TPSA) is 39.2 Å². The molecule has 0 saturated carbocycles. The standard InChI is InChI=1S/C15H16BrNO2S/c1-3-19-14(18)7-5-11-9-20-15(17-11)12-6-4-10(2)8-13(12)16/h4,6,8-9H,3,5,7H2,1-2H3. The second kappa shape index (κ2) is 6.99. The van der Waals surface area contributed by atoms with E-state index in [1.807, 2.05) is 12.3 Å². The molecule has 106 valence electrons. The van der Waals surface area contributed by atoms with Crippen LogP contribution in [-0.2, 0) is 16.0 Å². The summed E-state index contributed by atoms with van der Waals surface area (Å²) in [5.74, 6) is -0.168. The lowest BCUT2D eigenvalue weighted by Gasteiger charge is -2.02. The van der Waals surface area contributed by atoms with Crippen LogP contribution in [-0.4, -0.2) is 17.6 Å². The van der Waals surface area contributed by atoms with Crippen LogP contribution in [0.2, 0.25) is 0 Å². The fourth-order valence-corrected chi connectivity index (χ4v) is 3.51. The summed E-state index contributed by atoms with van der Waals surface area (Å²) in [4.78, 5) is 15.9. The Morgan fingerprint density at radius 2 is 2.25 bits per heavy atom. The van der Waals surface area contributed by atoms with Crippen molar-refractivity contribution in [1.29, 1.82) is 0 Å². The van der Waals surface area contributed by atoms with E-state index < -0.39 is 0 Å². The zero-order chi connectivity index (χ0) is 14.5. The fraction of sp³-hybridized carbons (Fsp3) is 0.333. The molecule has 0 aliphatic rings. The monoisotopic (exact) mass is 353 g/mol. The first-order valence-electron chi connectivity index (χ1n) is 6.46. The van der Waals surface area contributed by atoms with Crippen LogP contribution in [0.25, 0.3) is 10.6 Å². The van der Waals surface area contributed by atoms with Crippen molar-refractivity contribution in [2.45, 2.75) is 26.7 Å². The zero-order valence-electron chi connectivity index (χ0n) is 11.5. The van der Waals surface area contributed by atoms with Crippen molar-refractivity contribution < 1.29 is 9.53 Å². The molecule has 0 saturated heterocycles. The molecule has 0 spiro atoms. The van der Waals surface area contributed by atoms with Gasteiger partial charge < -0.3 is 4.74 Å². The van der Waals surface area contributed by atoms with Gasteiger partial charge in [-0.05, 0) is 25.5 Å². The number of rotatable bonds is 5. The van der Waals surface area contributed by atoms with Crippen LogP contribution in [0.15, 0.2) is 28.1 Å². The highest BCUT2D eigenvalue weighted by atomic mass is 79.9. The molecule has 3 nitrogen and oxygen atoms in total. The number of esters is 1. The Kier molecular flexibility index (Phi) is 5.31. The third-order valence-corrected chi connectivity index (χ3v) is 4.38. The number of carbonyl (C=O) groups is 1. The molecule has 0 unspecified atom stereocenters. The summed E-state index contributed by atoms with van der Waals surface area (Å²) in [6.45, 7) is 4.30. The number of hydrogen-bond donors (Lipinski definition) is 0. The van der Waals surface area contributed by atoms with Gasteiger partial charge in [0.25, 0.3) is 0 Å². The number of carbonyl (C=O) groups excluding carboxylic acids is 1. The second-order valence-electron chi connectivity index (χ2n) is 4.43. The molecule has 0 amide bonds. The average Bonchev–Trinajstić information content (AvgIpc) is 2.85. The zero-order valence-corrected chi connectivity index (χ0v) is 13.9. The van der Waals surface area contributed by atoms with Crippen molar-refractivity contribution in [3.8, 4) is 10.6 Å². The van der Waals surface area contributed by atoms with Crippen LogP contribution in [0.5, 0.6) is 0 Å². The molecule has 0 aliphatic carbocycles. The van der Waals surface area contributed by atoms with Gasteiger partial charge in [0.2, 0.25) is 0 Å². The molecular formula is C15H16BrNO2S. The van der Waals surface area contributed by atoms with Crippen molar-refractivity contribution >= 4 is 33.2 Å². The van der Waals surface area contributed by atoms with Gasteiger partial charge >= 0.3 is 5.97 Å². The summed E-state index contributed by atoms with van der Waals surface area (Å²) in [7, 11) is 0. The normalized spacial score (nSPS) is 10.6. The molecule has 1 aromatic carbocycles. The Hall–Kier alpha value is -1.20. The van der Waals surface area contributed by atoms with Crippen molar-refractivity contribution in [1.82, 2.24) is 4.98 Å². The number of halogens is 1. The minimum atomic E-state index is -0.168. The molecular weight excluding hydrogens is 338 g/mol. The quantitative estimate of drug-likeness (QED) is 0.748. The van der Waals surface area contributed by atoms with Crippen molar-refractivity contribution in [3.63, 3.8) is 0 Å². The fourth-order valence-electron chi connectivity index (χ4n) is 1.80. The lowest BCUT2D eigenvalue weighted by atomic mass is 10.1. The third-order valence-electron chi connectivity index (χ3n) is 2.80. The van der Waals surface area contributed by atoms with E-state index in [2.05, 4.69) is 46.0 Å². The van der Waals surface area contributed by atoms with Crippen LogP contribution in [0, 0.1) is 6.92 Å². The van der Waals surface area contributed by atoms with E-state index in [1.165, 1.54) is 5.56 Å².